The highest BCUT2D eigenvalue weighted by molar-refractivity contribution is 5.86. The summed E-state index contributed by atoms with van der Waals surface area (Å²) in [6.45, 7) is 0.815. The number of benzene rings is 2. The van der Waals surface area contributed by atoms with Crippen molar-refractivity contribution >= 4 is 16.9 Å². The largest absolute Gasteiger partial charge is 0.508 e. The summed E-state index contributed by atoms with van der Waals surface area (Å²) in [5.41, 5.74) is -0.919. The van der Waals surface area contributed by atoms with Crippen molar-refractivity contribution < 1.29 is 54.1 Å². The van der Waals surface area contributed by atoms with Gasteiger partial charge in [-0.05, 0) is 6.07 Å². The second-order valence-electron chi connectivity index (χ2n) is 7.60. The number of rotatable bonds is 4. The van der Waals surface area contributed by atoms with Crippen LogP contribution in [0, 0.1) is 0 Å². The fraction of sp³-hybridized carbons (Fsp3) is 0.273. The first kappa shape index (κ1) is 23.2. The van der Waals surface area contributed by atoms with E-state index in [2.05, 4.69) is 0 Å². The van der Waals surface area contributed by atoms with E-state index >= 15 is 0 Å². The van der Waals surface area contributed by atoms with Crippen molar-refractivity contribution in [2.45, 2.75) is 31.5 Å². The monoisotopic (exact) mass is 476 g/mol. The van der Waals surface area contributed by atoms with Crippen LogP contribution in [-0.4, -0.2) is 67.8 Å². The molecule has 2 aromatic carbocycles. The zero-order valence-corrected chi connectivity index (χ0v) is 17.5. The van der Waals surface area contributed by atoms with Gasteiger partial charge in [0, 0.05) is 31.2 Å². The molecule has 34 heavy (non-hydrogen) atoms. The van der Waals surface area contributed by atoms with Crippen molar-refractivity contribution in [3.8, 4) is 40.1 Å². The Hall–Kier alpha value is -4.00. The summed E-state index contributed by atoms with van der Waals surface area (Å²) in [5, 5.41) is 60.1. The third-order valence-corrected chi connectivity index (χ3v) is 5.13. The fourth-order valence-corrected chi connectivity index (χ4v) is 3.55. The molecule has 4 atom stereocenters. The van der Waals surface area contributed by atoms with Crippen LogP contribution in [0.2, 0.25) is 0 Å². The molecule has 0 saturated carbocycles. The molecule has 0 spiro atoms. The lowest BCUT2D eigenvalue weighted by Gasteiger charge is -2.36. The van der Waals surface area contributed by atoms with E-state index in [0.717, 1.165) is 37.3 Å². The van der Waals surface area contributed by atoms with Crippen LogP contribution >= 0.6 is 0 Å². The molecule has 180 valence electrons. The van der Waals surface area contributed by atoms with Gasteiger partial charge in [0.15, 0.2) is 23.0 Å². The number of aliphatic hydroxyl groups excluding tert-OH is 2. The van der Waals surface area contributed by atoms with E-state index in [1.807, 2.05) is 0 Å². The Labute approximate surface area is 190 Å². The van der Waals surface area contributed by atoms with E-state index in [1.165, 1.54) is 0 Å². The predicted molar refractivity (Wildman–Crippen MR) is 113 cm³/mol. The van der Waals surface area contributed by atoms with Crippen molar-refractivity contribution in [1.82, 2.24) is 0 Å². The minimum Gasteiger partial charge on any atom is -0.508 e. The van der Waals surface area contributed by atoms with E-state index < -0.39 is 53.2 Å². The van der Waals surface area contributed by atoms with Gasteiger partial charge in [0.2, 0.25) is 6.29 Å². The van der Waals surface area contributed by atoms with E-state index in [4.69, 9.17) is 18.6 Å². The molecule has 2 heterocycles. The van der Waals surface area contributed by atoms with Crippen LogP contribution in [0.5, 0.6) is 28.7 Å². The van der Waals surface area contributed by atoms with Gasteiger partial charge in [-0.3, -0.25) is 9.59 Å². The predicted octanol–water partition coefficient (Wildman–Crippen LogP) is 0.671. The molecule has 1 fully saturated rings. The first-order valence-corrected chi connectivity index (χ1v) is 9.93. The lowest BCUT2D eigenvalue weighted by atomic mass is 10.0. The molecule has 6 N–H and O–H groups in total. The van der Waals surface area contributed by atoms with Crippen molar-refractivity contribution in [2.75, 3.05) is 6.61 Å². The van der Waals surface area contributed by atoms with E-state index in [0.29, 0.717) is 0 Å². The van der Waals surface area contributed by atoms with Crippen LogP contribution in [-0.2, 0) is 14.3 Å². The van der Waals surface area contributed by atoms with Crippen LogP contribution in [0.15, 0.2) is 39.5 Å². The first-order chi connectivity index (χ1) is 16.0. The lowest BCUT2D eigenvalue weighted by molar-refractivity contribution is -0.247. The zero-order chi connectivity index (χ0) is 24.7. The Balaban J connectivity index is 1.74. The average Bonchev–Trinajstić information content (AvgIpc) is 2.74. The molecule has 3 aromatic rings. The van der Waals surface area contributed by atoms with Gasteiger partial charge in [0.25, 0.3) is 0 Å². The van der Waals surface area contributed by atoms with Gasteiger partial charge in [-0.1, -0.05) is 0 Å². The molecule has 0 bridgehead atoms. The smallest absolute Gasteiger partial charge is 0.303 e. The molecule has 1 saturated heterocycles. The van der Waals surface area contributed by atoms with Crippen molar-refractivity contribution in [1.29, 1.82) is 0 Å². The number of carbonyl (C=O) groups excluding carboxylic acids is 1. The summed E-state index contributed by atoms with van der Waals surface area (Å²) in [4.78, 5) is 23.7. The van der Waals surface area contributed by atoms with Gasteiger partial charge in [-0.15, -0.1) is 0 Å². The summed E-state index contributed by atoms with van der Waals surface area (Å²) in [7, 11) is 0. The second kappa shape index (κ2) is 8.74. The van der Waals surface area contributed by atoms with Crippen LogP contribution in [0.25, 0.3) is 22.3 Å². The van der Waals surface area contributed by atoms with Crippen LogP contribution in [0.4, 0.5) is 0 Å². The molecule has 0 unspecified atom stereocenters. The van der Waals surface area contributed by atoms with Crippen molar-refractivity contribution in [3.63, 3.8) is 0 Å². The first-order valence-electron chi connectivity index (χ1n) is 9.93. The zero-order valence-electron chi connectivity index (χ0n) is 17.5. The van der Waals surface area contributed by atoms with Crippen molar-refractivity contribution in [2.24, 2.45) is 0 Å². The minimum atomic E-state index is -1.68. The molecule has 1 aliphatic heterocycles. The minimum absolute atomic E-state index is 0.0652. The Bertz CT molecular complexity index is 1310. The summed E-state index contributed by atoms with van der Waals surface area (Å²) in [6, 6.07) is 5.04. The Morgan fingerprint density at radius 3 is 2.38 bits per heavy atom. The number of phenols is 4. The maximum absolute atomic E-state index is 12.6. The summed E-state index contributed by atoms with van der Waals surface area (Å²) in [5.74, 6) is -3.17. The van der Waals surface area contributed by atoms with Gasteiger partial charge in [0.05, 0.1) is 12.2 Å². The molecule has 0 aliphatic carbocycles. The van der Waals surface area contributed by atoms with Gasteiger partial charge >= 0.3 is 5.97 Å². The summed E-state index contributed by atoms with van der Waals surface area (Å²) in [6.07, 6.45) is -5.87. The number of esters is 1. The van der Waals surface area contributed by atoms with E-state index in [-0.39, 0.29) is 40.4 Å². The van der Waals surface area contributed by atoms with E-state index in [1.54, 1.807) is 0 Å². The molecule has 1 aliphatic rings. The number of carbonyl (C=O) groups is 1. The number of phenolic OH excluding ortho intramolecular Hbond substituents is 4. The average molecular weight is 476 g/mol. The normalized spacial score (nSPS) is 22.4. The summed E-state index contributed by atoms with van der Waals surface area (Å²) < 4.78 is 21.5. The van der Waals surface area contributed by atoms with Crippen LogP contribution in [0.3, 0.4) is 0 Å². The lowest BCUT2D eigenvalue weighted by Crippen LogP contribution is -2.56. The van der Waals surface area contributed by atoms with Crippen LogP contribution < -0.4 is 10.2 Å². The molecule has 0 radical (unpaired) electrons. The van der Waals surface area contributed by atoms with Crippen molar-refractivity contribution in [3.05, 3.63) is 40.6 Å². The number of ether oxygens (including phenoxy) is 3. The number of aromatic hydroxyl groups is 4. The Morgan fingerprint density at radius 2 is 1.68 bits per heavy atom. The highest BCUT2D eigenvalue weighted by Gasteiger charge is 2.42. The second-order valence-corrected chi connectivity index (χ2v) is 7.60. The highest BCUT2D eigenvalue weighted by atomic mass is 16.7. The van der Waals surface area contributed by atoms with Gasteiger partial charge < -0.3 is 49.3 Å². The number of fused-ring (bicyclic) bond motifs is 1. The van der Waals surface area contributed by atoms with Gasteiger partial charge in [0.1, 0.15) is 46.2 Å². The molecule has 0 amide bonds. The van der Waals surface area contributed by atoms with Gasteiger partial charge in [-0.25, -0.2) is 0 Å². The maximum atomic E-state index is 12.6. The molecular formula is C22H20O12. The molecule has 1 aromatic heterocycles. The van der Waals surface area contributed by atoms with Crippen LogP contribution in [0.1, 0.15) is 6.92 Å². The van der Waals surface area contributed by atoms with E-state index in [9.17, 15) is 40.2 Å². The molecular weight excluding hydrogens is 456 g/mol. The topological polar surface area (TPSA) is 196 Å². The Morgan fingerprint density at radius 1 is 0.971 bits per heavy atom. The molecule has 4 rings (SSSR count). The summed E-state index contributed by atoms with van der Waals surface area (Å²) >= 11 is 0. The number of hydrogen-bond donors (Lipinski definition) is 6. The number of hydrogen-bond acceptors (Lipinski definition) is 12. The molecule has 12 heteroatoms. The standard InChI is InChI=1S/C22H20O12/c1-8(23)32-18-7-31-22(21(30)20(18)29)34-16-5-12(26)11(25)4-10(16)15-6-14(28)19-13(27)2-9(24)3-17(19)33-15/h2-6,18,20-22,24-27,29-30H,7H2,1H3/t18-,20-,21-,22-/m0/s1. The maximum Gasteiger partial charge on any atom is 0.303 e. The Kier molecular flexibility index (Phi) is 5.96. The van der Waals surface area contributed by atoms with Gasteiger partial charge in [-0.2, -0.15) is 0 Å². The molecule has 12 nitrogen and oxygen atoms in total. The number of aliphatic hydroxyl groups is 2. The highest BCUT2D eigenvalue weighted by Crippen LogP contribution is 2.41. The fourth-order valence-electron chi connectivity index (χ4n) is 3.55. The SMILES string of the molecule is CC(=O)O[C@H]1CO[C@@H](Oc2cc(O)c(O)cc2-c2cc(=O)c3c(O)cc(O)cc3o2)[C@@H](O)[C@H]1O. The third kappa shape index (κ3) is 4.29. The third-order valence-electron chi connectivity index (χ3n) is 5.13. The quantitative estimate of drug-likeness (QED) is 0.228.